The Morgan fingerprint density at radius 3 is 2.69 bits per heavy atom. The molecule has 0 radical (unpaired) electrons. The molecular formula is C20H26N4O2. The minimum atomic E-state index is 0.132. The van der Waals surface area contributed by atoms with Crippen molar-refractivity contribution in [1.29, 1.82) is 0 Å². The maximum Gasteiger partial charge on any atom is 0.259 e. The van der Waals surface area contributed by atoms with Gasteiger partial charge in [-0.05, 0) is 57.6 Å². The Balaban J connectivity index is 1.60. The third kappa shape index (κ3) is 2.90. The molecule has 2 aromatic rings. The lowest BCUT2D eigenvalue weighted by Crippen LogP contribution is -2.36. The Kier molecular flexibility index (Phi) is 4.15. The highest BCUT2D eigenvalue weighted by molar-refractivity contribution is 6.06. The second-order valence-corrected chi connectivity index (χ2v) is 8.01. The largest absolute Gasteiger partial charge is 0.339 e. The summed E-state index contributed by atoms with van der Waals surface area (Å²) in [7, 11) is 0. The van der Waals surface area contributed by atoms with Crippen LogP contribution in [0.3, 0.4) is 0 Å². The lowest BCUT2D eigenvalue weighted by Gasteiger charge is -2.27. The van der Waals surface area contributed by atoms with Crippen LogP contribution < -0.4 is 5.32 Å². The Hall–Kier alpha value is -1.95. The zero-order valence-corrected chi connectivity index (χ0v) is 15.2. The van der Waals surface area contributed by atoms with Gasteiger partial charge in [0.1, 0.15) is 0 Å². The highest BCUT2D eigenvalue weighted by Crippen LogP contribution is 2.41. The first kappa shape index (κ1) is 16.2. The number of hydrogen-bond donors (Lipinski definition) is 1. The molecule has 6 heteroatoms. The molecule has 6 nitrogen and oxygen atoms in total. The van der Waals surface area contributed by atoms with E-state index in [4.69, 9.17) is 9.51 Å². The molecule has 26 heavy (non-hydrogen) atoms. The normalized spacial score (nSPS) is 24.2. The molecular weight excluding hydrogens is 328 g/mol. The predicted molar refractivity (Wildman–Crippen MR) is 98.4 cm³/mol. The number of carbonyl (C=O) groups excluding carboxylic acids is 1. The predicted octanol–water partition coefficient (Wildman–Crippen LogP) is 3.19. The molecule has 2 aromatic heterocycles. The molecule has 2 aliphatic heterocycles. The number of fused-ring (bicyclic) bond motifs is 1. The molecule has 1 N–H and O–H groups in total. The first-order chi connectivity index (χ1) is 12.8. The Morgan fingerprint density at radius 1 is 1.12 bits per heavy atom. The van der Waals surface area contributed by atoms with E-state index < -0.39 is 0 Å². The van der Waals surface area contributed by atoms with Gasteiger partial charge in [0.2, 0.25) is 0 Å². The average Bonchev–Trinajstić information content (AvgIpc) is 3.47. The summed E-state index contributed by atoms with van der Waals surface area (Å²) < 4.78 is 5.64. The number of likely N-dealkylation sites (tertiary alicyclic amines) is 1. The molecule has 1 unspecified atom stereocenters. The van der Waals surface area contributed by atoms with E-state index in [-0.39, 0.29) is 5.91 Å². The van der Waals surface area contributed by atoms with Crippen molar-refractivity contribution in [1.82, 2.24) is 20.4 Å². The molecule has 5 rings (SSSR count). The second-order valence-electron chi connectivity index (χ2n) is 8.01. The molecule has 1 atom stereocenters. The summed E-state index contributed by atoms with van der Waals surface area (Å²) in [6.07, 6.45) is 7.93. The number of amides is 1. The third-order valence-electron chi connectivity index (χ3n) is 6.05. The fraction of sp³-hybridized carbons (Fsp3) is 0.650. The van der Waals surface area contributed by atoms with Crippen molar-refractivity contribution in [2.45, 2.75) is 56.8 Å². The van der Waals surface area contributed by atoms with Gasteiger partial charge in [-0.25, -0.2) is 4.98 Å². The van der Waals surface area contributed by atoms with Crippen LogP contribution in [0.5, 0.6) is 0 Å². The maximum atomic E-state index is 13.4. The zero-order chi connectivity index (χ0) is 17.5. The van der Waals surface area contributed by atoms with Crippen molar-refractivity contribution in [2.24, 2.45) is 0 Å². The first-order valence-electron chi connectivity index (χ1n) is 10.1. The number of hydrogen-bond acceptors (Lipinski definition) is 5. The van der Waals surface area contributed by atoms with Gasteiger partial charge in [0.25, 0.3) is 11.6 Å². The lowest BCUT2D eigenvalue weighted by atomic mass is 9.92. The van der Waals surface area contributed by atoms with Gasteiger partial charge in [0, 0.05) is 37.2 Å². The van der Waals surface area contributed by atoms with Crippen molar-refractivity contribution >= 4 is 17.0 Å². The van der Waals surface area contributed by atoms with E-state index in [2.05, 4.69) is 10.5 Å². The zero-order valence-electron chi connectivity index (χ0n) is 15.2. The van der Waals surface area contributed by atoms with Crippen LogP contribution in [0.2, 0.25) is 0 Å². The maximum absolute atomic E-state index is 13.4. The highest BCUT2D eigenvalue weighted by atomic mass is 16.5. The van der Waals surface area contributed by atoms with Gasteiger partial charge in [0.05, 0.1) is 16.6 Å². The molecule has 0 spiro atoms. The molecule has 138 valence electrons. The van der Waals surface area contributed by atoms with Crippen LogP contribution in [0.25, 0.3) is 11.1 Å². The number of nitrogens with zero attached hydrogens (tertiary/aromatic N) is 3. The van der Waals surface area contributed by atoms with E-state index in [1.165, 1.54) is 6.42 Å². The number of carbonyl (C=O) groups is 1. The summed E-state index contributed by atoms with van der Waals surface area (Å²) in [6, 6.07) is 2.04. The fourth-order valence-electron chi connectivity index (χ4n) is 4.38. The molecule has 1 amide bonds. The summed E-state index contributed by atoms with van der Waals surface area (Å²) in [5, 5.41) is 8.68. The van der Waals surface area contributed by atoms with E-state index in [0.717, 1.165) is 87.0 Å². The highest BCUT2D eigenvalue weighted by Gasteiger charge is 2.32. The SMILES string of the molecule is O=C(c1cc(C2CC2)nc2onc(C3CCCNC3)c12)N1CCCCC1. The van der Waals surface area contributed by atoms with E-state index in [0.29, 0.717) is 17.5 Å². The summed E-state index contributed by atoms with van der Waals surface area (Å²) in [5.41, 5.74) is 3.24. The Labute approximate surface area is 153 Å². The van der Waals surface area contributed by atoms with Crippen molar-refractivity contribution in [2.75, 3.05) is 26.2 Å². The van der Waals surface area contributed by atoms with E-state index >= 15 is 0 Å². The number of piperidine rings is 2. The first-order valence-corrected chi connectivity index (χ1v) is 10.1. The fourth-order valence-corrected chi connectivity index (χ4v) is 4.38. The minimum absolute atomic E-state index is 0.132. The Bertz CT molecular complexity index is 815. The van der Waals surface area contributed by atoms with Gasteiger partial charge in [-0.1, -0.05) is 5.16 Å². The quantitative estimate of drug-likeness (QED) is 0.916. The number of aromatic nitrogens is 2. The van der Waals surface area contributed by atoms with Gasteiger partial charge in [-0.2, -0.15) is 0 Å². The van der Waals surface area contributed by atoms with E-state index in [9.17, 15) is 4.79 Å². The third-order valence-corrected chi connectivity index (χ3v) is 6.05. The average molecular weight is 354 g/mol. The number of pyridine rings is 1. The molecule has 3 aliphatic rings. The smallest absolute Gasteiger partial charge is 0.259 e. The molecule has 1 aliphatic carbocycles. The van der Waals surface area contributed by atoms with Crippen molar-refractivity contribution in [3.8, 4) is 0 Å². The number of rotatable bonds is 3. The van der Waals surface area contributed by atoms with Crippen LogP contribution in [-0.4, -0.2) is 47.1 Å². The standard InChI is InChI=1S/C20H26N4O2/c25-20(24-9-2-1-3-10-24)15-11-16(13-6-7-13)22-19-17(15)18(23-26-19)14-5-4-8-21-12-14/h11,13-14,21H,1-10,12H2. The van der Waals surface area contributed by atoms with Gasteiger partial charge >= 0.3 is 0 Å². The molecule has 4 heterocycles. The van der Waals surface area contributed by atoms with Crippen molar-refractivity contribution in [3.05, 3.63) is 23.0 Å². The molecule has 0 aromatic carbocycles. The van der Waals surface area contributed by atoms with E-state index in [1.54, 1.807) is 0 Å². The van der Waals surface area contributed by atoms with Crippen LogP contribution in [0.15, 0.2) is 10.6 Å². The monoisotopic (exact) mass is 354 g/mol. The van der Waals surface area contributed by atoms with Crippen molar-refractivity contribution < 1.29 is 9.32 Å². The molecule has 0 bridgehead atoms. The van der Waals surface area contributed by atoms with Crippen LogP contribution in [0.4, 0.5) is 0 Å². The molecule has 3 fully saturated rings. The van der Waals surface area contributed by atoms with Gasteiger partial charge < -0.3 is 14.7 Å². The van der Waals surface area contributed by atoms with Crippen molar-refractivity contribution in [3.63, 3.8) is 0 Å². The van der Waals surface area contributed by atoms with Gasteiger partial charge in [-0.3, -0.25) is 4.79 Å². The van der Waals surface area contributed by atoms with Crippen LogP contribution in [-0.2, 0) is 0 Å². The summed E-state index contributed by atoms with van der Waals surface area (Å²) in [4.78, 5) is 20.1. The summed E-state index contributed by atoms with van der Waals surface area (Å²) >= 11 is 0. The van der Waals surface area contributed by atoms with Gasteiger partial charge in [0.15, 0.2) is 0 Å². The van der Waals surface area contributed by atoms with Crippen LogP contribution in [0.1, 0.15) is 78.5 Å². The minimum Gasteiger partial charge on any atom is -0.339 e. The number of nitrogens with one attached hydrogen (secondary N) is 1. The summed E-state index contributed by atoms with van der Waals surface area (Å²) in [5.74, 6) is 0.913. The second kappa shape index (κ2) is 6.65. The topological polar surface area (TPSA) is 71.3 Å². The summed E-state index contributed by atoms with van der Waals surface area (Å²) in [6.45, 7) is 3.65. The van der Waals surface area contributed by atoms with E-state index in [1.807, 2.05) is 11.0 Å². The Morgan fingerprint density at radius 2 is 1.96 bits per heavy atom. The van der Waals surface area contributed by atoms with Gasteiger partial charge in [-0.15, -0.1) is 0 Å². The molecule has 2 saturated heterocycles. The lowest BCUT2D eigenvalue weighted by molar-refractivity contribution is 0.0726. The molecule has 1 saturated carbocycles. The van der Waals surface area contributed by atoms with Crippen LogP contribution in [0, 0.1) is 0 Å². The van der Waals surface area contributed by atoms with Crippen LogP contribution >= 0.6 is 0 Å².